The van der Waals surface area contributed by atoms with Crippen LogP contribution in [0.4, 0.5) is 0 Å². The van der Waals surface area contributed by atoms with Gasteiger partial charge in [0.15, 0.2) is 0 Å². The van der Waals surface area contributed by atoms with E-state index in [1.54, 1.807) is 11.8 Å². The number of ether oxygens (including phenoxy) is 1. The molecule has 0 spiro atoms. The Hall–Kier alpha value is -0.340. The Bertz CT molecular complexity index is 302. The van der Waals surface area contributed by atoms with Gasteiger partial charge in [-0.3, -0.25) is 0 Å². The molecule has 1 aromatic rings. The lowest BCUT2D eigenvalue weighted by Gasteiger charge is -2.08. The molecule has 0 amide bonds. The average molecular weight is 245 g/mol. The maximum Gasteiger partial charge on any atom is 0.137 e. The third-order valence-corrected chi connectivity index (χ3v) is 3.17. The number of hydrogen-bond donors (Lipinski definition) is 0. The molecule has 1 nitrogen and oxygen atoms in total. The predicted molar refractivity (Wildman–Crippen MR) is 68.3 cm³/mol. The second-order valence-electron chi connectivity index (χ2n) is 3.35. The van der Waals surface area contributed by atoms with Gasteiger partial charge in [-0.1, -0.05) is 31.4 Å². The van der Waals surface area contributed by atoms with Crippen molar-refractivity contribution in [2.75, 3.05) is 12.9 Å². The minimum absolute atomic E-state index is 0.707. The fraction of sp³-hybridized carbons (Fsp3) is 0.500. The average Bonchev–Trinajstić information content (AvgIpc) is 2.26. The first-order valence-electron chi connectivity index (χ1n) is 5.24. The number of thioether (sulfide) groups is 1. The SMILES string of the molecule is CCCCCOc1ccc(SC)cc1Cl. The Kier molecular flexibility index (Phi) is 5.96. The smallest absolute Gasteiger partial charge is 0.137 e. The lowest BCUT2D eigenvalue weighted by molar-refractivity contribution is 0.306. The Balaban J connectivity index is 2.47. The lowest BCUT2D eigenvalue weighted by Crippen LogP contribution is -1.97. The van der Waals surface area contributed by atoms with E-state index in [4.69, 9.17) is 16.3 Å². The third-order valence-electron chi connectivity index (χ3n) is 2.14. The molecule has 15 heavy (non-hydrogen) atoms. The van der Waals surface area contributed by atoms with Gasteiger partial charge in [0.2, 0.25) is 0 Å². The van der Waals surface area contributed by atoms with Gasteiger partial charge >= 0.3 is 0 Å². The van der Waals surface area contributed by atoms with Crippen molar-refractivity contribution in [1.29, 1.82) is 0 Å². The fourth-order valence-electron chi connectivity index (χ4n) is 1.26. The molecule has 0 saturated heterocycles. The van der Waals surface area contributed by atoms with Crippen molar-refractivity contribution in [3.05, 3.63) is 23.2 Å². The molecule has 0 fully saturated rings. The van der Waals surface area contributed by atoms with Crippen molar-refractivity contribution in [2.24, 2.45) is 0 Å². The van der Waals surface area contributed by atoms with Crippen LogP contribution in [-0.4, -0.2) is 12.9 Å². The summed E-state index contributed by atoms with van der Waals surface area (Å²) in [7, 11) is 0. The molecule has 84 valence electrons. The van der Waals surface area contributed by atoms with E-state index in [0.717, 1.165) is 18.8 Å². The van der Waals surface area contributed by atoms with Gasteiger partial charge in [0.25, 0.3) is 0 Å². The molecule has 0 unspecified atom stereocenters. The van der Waals surface area contributed by atoms with Gasteiger partial charge in [0.1, 0.15) is 5.75 Å². The standard InChI is InChI=1S/C12H17ClOS/c1-3-4-5-8-14-12-7-6-10(15-2)9-11(12)13/h6-7,9H,3-5,8H2,1-2H3. The summed E-state index contributed by atoms with van der Waals surface area (Å²) in [6, 6.07) is 5.92. The summed E-state index contributed by atoms with van der Waals surface area (Å²) in [5.74, 6) is 0.797. The van der Waals surface area contributed by atoms with Crippen molar-refractivity contribution in [1.82, 2.24) is 0 Å². The minimum Gasteiger partial charge on any atom is -0.492 e. The Morgan fingerprint density at radius 1 is 1.33 bits per heavy atom. The van der Waals surface area contributed by atoms with Crippen LogP contribution in [0, 0.1) is 0 Å². The van der Waals surface area contributed by atoms with Gasteiger partial charge in [-0.25, -0.2) is 0 Å². The van der Waals surface area contributed by atoms with Gasteiger partial charge in [-0.2, -0.15) is 0 Å². The summed E-state index contributed by atoms with van der Waals surface area (Å²) in [5.41, 5.74) is 0. The van der Waals surface area contributed by atoms with Crippen LogP contribution in [0.3, 0.4) is 0 Å². The van der Waals surface area contributed by atoms with Crippen LogP contribution >= 0.6 is 23.4 Å². The molecule has 0 radical (unpaired) electrons. The first-order valence-corrected chi connectivity index (χ1v) is 6.84. The highest BCUT2D eigenvalue weighted by Crippen LogP contribution is 2.29. The highest BCUT2D eigenvalue weighted by molar-refractivity contribution is 7.98. The van der Waals surface area contributed by atoms with Crippen molar-refractivity contribution in [3.63, 3.8) is 0 Å². The molecule has 0 heterocycles. The Morgan fingerprint density at radius 3 is 2.73 bits per heavy atom. The summed E-state index contributed by atoms with van der Waals surface area (Å²) >= 11 is 7.77. The molecule has 3 heteroatoms. The summed E-state index contributed by atoms with van der Waals surface area (Å²) in [6.45, 7) is 2.94. The molecule has 0 atom stereocenters. The second-order valence-corrected chi connectivity index (χ2v) is 4.64. The molecule has 1 aromatic carbocycles. The largest absolute Gasteiger partial charge is 0.492 e. The van der Waals surface area contributed by atoms with E-state index in [2.05, 4.69) is 6.92 Å². The zero-order valence-corrected chi connectivity index (χ0v) is 10.8. The highest BCUT2D eigenvalue weighted by atomic mass is 35.5. The summed E-state index contributed by atoms with van der Waals surface area (Å²) < 4.78 is 5.60. The number of hydrogen-bond acceptors (Lipinski definition) is 2. The summed E-state index contributed by atoms with van der Waals surface area (Å²) in [4.78, 5) is 1.17. The molecule has 0 N–H and O–H groups in total. The lowest BCUT2D eigenvalue weighted by atomic mass is 10.3. The van der Waals surface area contributed by atoms with Crippen LogP contribution in [0.25, 0.3) is 0 Å². The maximum atomic E-state index is 6.08. The van der Waals surface area contributed by atoms with E-state index in [0.29, 0.717) is 5.02 Å². The number of unbranched alkanes of at least 4 members (excludes halogenated alkanes) is 2. The predicted octanol–water partition coefficient (Wildman–Crippen LogP) is 4.63. The quantitative estimate of drug-likeness (QED) is 0.533. The minimum atomic E-state index is 0.707. The van der Waals surface area contributed by atoms with Gasteiger partial charge in [-0.05, 0) is 30.9 Å². The molecule has 0 saturated carbocycles. The van der Waals surface area contributed by atoms with E-state index in [1.807, 2.05) is 24.5 Å². The number of halogens is 1. The molecule has 0 bridgehead atoms. The monoisotopic (exact) mass is 244 g/mol. The first-order chi connectivity index (χ1) is 7.27. The van der Waals surface area contributed by atoms with E-state index in [1.165, 1.54) is 17.7 Å². The summed E-state index contributed by atoms with van der Waals surface area (Å²) in [6.07, 6.45) is 5.55. The zero-order chi connectivity index (χ0) is 11.1. The van der Waals surface area contributed by atoms with E-state index < -0.39 is 0 Å². The summed E-state index contributed by atoms with van der Waals surface area (Å²) in [5, 5.41) is 0.707. The topological polar surface area (TPSA) is 9.23 Å². The Morgan fingerprint density at radius 2 is 2.13 bits per heavy atom. The third kappa shape index (κ3) is 4.35. The van der Waals surface area contributed by atoms with E-state index in [-0.39, 0.29) is 0 Å². The van der Waals surface area contributed by atoms with Gasteiger partial charge < -0.3 is 4.74 Å². The van der Waals surface area contributed by atoms with Gasteiger partial charge in [0.05, 0.1) is 11.6 Å². The van der Waals surface area contributed by atoms with E-state index >= 15 is 0 Å². The molecule has 0 aliphatic heterocycles. The van der Waals surface area contributed by atoms with Gasteiger partial charge in [0, 0.05) is 4.90 Å². The van der Waals surface area contributed by atoms with E-state index in [9.17, 15) is 0 Å². The molecule has 0 aliphatic rings. The highest BCUT2D eigenvalue weighted by Gasteiger charge is 2.02. The second kappa shape index (κ2) is 7.02. The van der Waals surface area contributed by atoms with Crippen LogP contribution < -0.4 is 4.74 Å². The van der Waals surface area contributed by atoms with Crippen LogP contribution in [0.15, 0.2) is 23.1 Å². The van der Waals surface area contributed by atoms with Crippen molar-refractivity contribution < 1.29 is 4.74 Å². The number of benzene rings is 1. The molecule has 1 rings (SSSR count). The number of rotatable bonds is 6. The Labute approximate surface area is 101 Å². The van der Waals surface area contributed by atoms with Gasteiger partial charge in [-0.15, -0.1) is 11.8 Å². The molecule has 0 aromatic heterocycles. The molecular weight excluding hydrogens is 228 g/mol. The van der Waals surface area contributed by atoms with Crippen molar-refractivity contribution >= 4 is 23.4 Å². The zero-order valence-electron chi connectivity index (χ0n) is 9.25. The van der Waals surface area contributed by atoms with Crippen LogP contribution in [-0.2, 0) is 0 Å². The van der Waals surface area contributed by atoms with Crippen LogP contribution in [0.1, 0.15) is 26.2 Å². The van der Waals surface area contributed by atoms with Crippen LogP contribution in [0.2, 0.25) is 5.02 Å². The molecule has 0 aliphatic carbocycles. The van der Waals surface area contributed by atoms with Crippen LogP contribution in [0.5, 0.6) is 5.75 Å². The fourth-order valence-corrected chi connectivity index (χ4v) is 2.00. The van der Waals surface area contributed by atoms with Crippen molar-refractivity contribution in [2.45, 2.75) is 31.1 Å². The first kappa shape index (κ1) is 12.7. The van der Waals surface area contributed by atoms with Crippen molar-refractivity contribution in [3.8, 4) is 5.75 Å². The maximum absolute atomic E-state index is 6.08. The molecular formula is C12H17ClOS. The normalized spacial score (nSPS) is 10.3.